The molecule has 0 aliphatic heterocycles. The average Bonchev–Trinajstić information content (AvgIpc) is 1.77. The first-order valence-electron chi connectivity index (χ1n) is 3.80. The third-order valence-electron chi connectivity index (χ3n) is 2.54. The van der Waals surface area contributed by atoms with Crippen molar-refractivity contribution in [2.45, 2.75) is 39.5 Å². The fourth-order valence-corrected chi connectivity index (χ4v) is 1.50. The van der Waals surface area contributed by atoms with Gasteiger partial charge >= 0.3 is 0 Å². The zero-order valence-electron chi connectivity index (χ0n) is 7.40. The van der Waals surface area contributed by atoms with Crippen molar-refractivity contribution in [1.82, 2.24) is 12.3 Å². The molecule has 2 nitrogen and oxygen atoms in total. The van der Waals surface area contributed by atoms with E-state index >= 15 is 0 Å². The first-order valence-corrected chi connectivity index (χ1v) is 3.80. The summed E-state index contributed by atoms with van der Waals surface area (Å²) in [6.07, 6.45) is 5.90. The molecule has 2 atom stereocenters. The molecule has 0 saturated heterocycles. The minimum atomic E-state index is 0. The second-order valence-corrected chi connectivity index (χ2v) is 3.24. The summed E-state index contributed by atoms with van der Waals surface area (Å²) in [5.74, 6) is 2.01. The first kappa shape index (κ1) is 12.6. The van der Waals surface area contributed by atoms with Crippen LogP contribution in [0.2, 0.25) is 0 Å². The van der Waals surface area contributed by atoms with Gasteiger partial charge in [0.1, 0.15) is 0 Å². The predicted molar refractivity (Wildman–Crippen MR) is 46.8 cm³/mol. The zero-order valence-corrected chi connectivity index (χ0v) is 7.40. The van der Waals surface area contributed by atoms with Crippen molar-refractivity contribution in [1.29, 1.82) is 0 Å². The molecule has 1 fully saturated rings. The van der Waals surface area contributed by atoms with Crippen LogP contribution in [0, 0.1) is 11.8 Å². The lowest BCUT2D eigenvalue weighted by Crippen LogP contribution is -2.12. The molecule has 0 bridgehead atoms. The Kier molecular flexibility index (Phi) is 7.15. The molecule has 0 aromatic rings. The van der Waals surface area contributed by atoms with Crippen LogP contribution in [0.4, 0.5) is 0 Å². The molecule has 0 radical (unpaired) electrons. The van der Waals surface area contributed by atoms with Gasteiger partial charge in [0, 0.05) is 0 Å². The molecule has 1 saturated carbocycles. The van der Waals surface area contributed by atoms with Gasteiger partial charge in [-0.3, -0.25) is 0 Å². The molecule has 64 valence electrons. The van der Waals surface area contributed by atoms with E-state index in [0.29, 0.717) is 0 Å². The summed E-state index contributed by atoms with van der Waals surface area (Å²) in [5, 5.41) is 0. The van der Waals surface area contributed by atoms with Crippen LogP contribution in [0.3, 0.4) is 0 Å². The maximum Gasteiger partial charge on any atom is -0.0417 e. The third-order valence-corrected chi connectivity index (χ3v) is 2.54. The van der Waals surface area contributed by atoms with Gasteiger partial charge in [-0.2, -0.15) is 0 Å². The molecule has 6 N–H and O–H groups in total. The molecular weight excluding hydrogens is 124 g/mol. The maximum atomic E-state index is 2.38. The minimum absolute atomic E-state index is 0. The molecule has 2 unspecified atom stereocenters. The smallest absolute Gasteiger partial charge is 0.0417 e. The van der Waals surface area contributed by atoms with Gasteiger partial charge < -0.3 is 12.3 Å². The molecule has 1 aliphatic rings. The molecule has 2 heteroatoms. The summed E-state index contributed by atoms with van der Waals surface area (Å²) in [6, 6.07) is 0. The Morgan fingerprint density at radius 1 is 0.800 bits per heavy atom. The second-order valence-electron chi connectivity index (χ2n) is 3.24. The van der Waals surface area contributed by atoms with Gasteiger partial charge in [0.2, 0.25) is 0 Å². The summed E-state index contributed by atoms with van der Waals surface area (Å²) in [6.45, 7) is 4.76. The van der Waals surface area contributed by atoms with E-state index in [1.54, 1.807) is 0 Å². The van der Waals surface area contributed by atoms with Gasteiger partial charge in [-0.05, 0) is 11.8 Å². The normalized spacial score (nSPS) is 31.8. The maximum absolute atomic E-state index is 2.38. The Balaban J connectivity index is 0. The molecule has 10 heavy (non-hydrogen) atoms. The van der Waals surface area contributed by atoms with E-state index < -0.39 is 0 Å². The summed E-state index contributed by atoms with van der Waals surface area (Å²) in [4.78, 5) is 0. The lowest BCUT2D eigenvalue weighted by molar-refractivity contribution is 0.277. The lowest BCUT2D eigenvalue weighted by Gasteiger charge is -2.24. The van der Waals surface area contributed by atoms with Gasteiger partial charge in [-0.1, -0.05) is 39.5 Å². The molecule has 0 spiro atoms. The van der Waals surface area contributed by atoms with Crippen LogP contribution in [-0.4, -0.2) is 0 Å². The molecule has 0 aromatic heterocycles. The Labute approximate surface area is 64.6 Å². The van der Waals surface area contributed by atoms with E-state index in [4.69, 9.17) is 0 Å². The van der Waals surface area contributed by atoms with Crippen molar-refractivity contribution in [2.75, 3.05) is 0 Å². The zero-order chi connectivity index (χ0) is 5.98. The van der Waals surface area contributed by atoms with Crippen LogP contribution in [0.15, 0.2) is 0 Å². The summed E-state index contributed by atoms with van der Waals surface area (Å²) >= 11 is 0. The highest BCUT2D eigenvalue weighted by atomic mass is 14.2. The molecule has 0 heterocycles. The van der Waals surface area contributed by atoms with Gasteiger partial charge in [-0.15, -0.1) is 0 Å². The van der Waals surface area contributed by atoms with Crippen LogP contribution in [0.25, 0.3) is 0 Å². The van der Waals surface area contributed by atoms with E-state index in [0.717, 1.165) is 11.8 Å². The highest BCUT2D eigenvalue weighted by Gasteiger charge is 2.15. The van der Waals surface area contributed by atoms with Crippen LogP contribution in [-0.2, 0) is 0 Å². The Hall–Kier alpha value is -0.0800. The molecular formula is C8H22N2. The van der Waals surface area contributed by atoms with Crippen molar-refractivity contribution < 1.29 is 0 Å². The molecule has 1 rings (SSSR count). The van der Waals surface area contributed by atoms with Crippen LogP contribution in [0.5, 0.6) is 0 Å². The van der Waals surface area contributed by atoms with E-state index in [2.05, 4.69) is 13.8 Å². The fourth-order valence-electron chi connectivity index (χ4n) is 1.50. The van der Waals surface area contributed by atoms with E-state index in [-0.39, 0.29) is 12.3 Å². The van der Waals surface area contributed by atoms with Crippen LogP contribution >= 0.6 is 0 Å². The van der Waals surface area contributed by atoms with Crippen molar-refractivity contribution in [2.24, 2.45) is 11.8 Å². The SMILES string of the molecule is CC1CCCCC1C.N.N. The van der Waals surface area contributed by atoms with Gasteiger partial charge in [0.25, 0.3) is 0 Å². The fraction of sp³-hybridized carbons (Fsp3) is 1.00. The van der Waals surface area contributed by atoms with Crippen molar-refractivity contribution in [3.63, 3.8) is 0 Å². The number of hydrogen-bond acceptors (Lipinski definition) is 2. The predicted octanol–water partition coefficient (Wildman–Crippen LogP) is 3.16. The largest absolute Gasteiger partial charge is 0.344 e. The summed E-state index contributed by atoms with van der Waals surface area (Å²) in [5.41, 5.74) is 0. The topological polar surface area (TPSA) is 70.0 Å². The molecule has 0 amide bonds. The summed E-state index contributed by atoms with van der Waals surface area (Å²) in [7, 11) is 0. The van der Waals surface area contributed by atoms with Gasteiger partial charge in [-0.25, -0.2) is 0 Å². The third kappa shape index (κ3) is 3.18. The highest BCUT2D eigenvalue weighted by molar-refractivity contribution is 4.67. The molecule has 1 aliphatic carbocycles. The minimum Gasteiger partial charge on any atom is -0.344 e. The van der Waals surface area contributed by atoms with Crippen LogP contribution in [0.1, 0.15) is 39.5 Å². The first-order chi connectivity index (χ1) is 3.80. The van der Waals surface area contributed by atoms with E-state index in [1.165, 1.54) is 25.7 Å². The number of rotatable bonds is 0. The van der Waals surface area contributed by atoms with Crippen molar-refractivity contribution >= 4 is 0 Å². The van der Waals surface area contributed by atoms with Crippen molar-refractivity contribution in [3.05, 3.63) is 0 Å². The average molecular weight is 146 g/mol. The summed E-state index contributed by atoms with van der Waals surface area (Å²) < 4.78 is 0. The lowest BCUT2D eigenvalue weighted by atomic mass is 9.82. The quantitative estimate of drug-likeness (QED) is 0.551. The Morgan fingerprint density at radius 3 is 1.30 bits per heavy atom. The van der Waals surface area contributed by atoms with Gasteiger partial charge in [0.15, 0.2) is 0 Å². The highest BCUT2D eigenvalue weighted by Crippen LogP contribution is 2.28. The van der Waals surface area contributed by atoms with Crippen LogP contribution < -0.4 is 12.3 Å². The second kappa shape index (κ2) is 5.69. The Morgan fingerprint density at radius 2 is 1.10 bits per heavy atom. The standard InChI is InChI=1S/C8H16.2H3N/c1-7-5-3-4-6-8(7)2;;/h7-8H,3-6H2,1-2H3;2*1H3. The van der Waals surface area contributed by atoms with E-state index in [1.807, 2.05) is 0 Å². The Bertz CT molecular complexity index is 63.7. The van der Waals surface area contributed by atoms with E-state index in [9.17, 15) is 0 Å². The van der Waals surface area contributed by atoms with Gasteiger partial charge in [0.05, 0.1) is 0 Å². The van der Waals surface area contributed by atoms with Crippen molar-refractivity contribution in [3.8, 4) is 0 Å². The molecule has 0 aromatic carbocycles. The monoisotopic (exact) mass is 146 g/mol. The number of hydrogen-bond donors (Lipinski definition) is 2.